The van der Waals surface area contributed by atoms with Crippen molar-refractivity contribution >= 4 is 39.8 Å². The van der Waals surface area contributed by atoms with Gasteiger partial charge in [-0.3, -0.25) is 4.79 Å². The highest BCUT2D eigenvalue weighted by Crippen LogP contribution is 2.28. The molecule has 2 aromatic rings. The summed E-state index contributed by atoms with van der Waals surface area (Å²) in [6.07, 6.45) is 6.34. The van der Waals surface area contributed by atoms with E-state index in [0.29, 0.717) is 11.8 Å². The van der Waals surface area contributed by atoms with E-state index in [0.717, 1.165) is 15.2 Å². The van der Waals surface area contributed by atoms with Crippen LogP contribution in [0.5, 0.6) is 0 Å². The van der Waals surface area contributed by atoms with Crippen molar-refractivity contribution in [3.63, 3.8) is 0 Å². The molecule has 0 bridgehead atoms. The van der Waals surface area contributed by atoms with E-state index >= 15 is 0 Å². The molecule has 7 heteroatoms. The lowest BCUT2D eigenvalue weighted by Gasteiger charge is -2.21. The Morgan fingerprint density at radius 2 is 1.96 bits per heavy atom. The zero-order valence-corrected chi connectivity index (χ0v) is 14.5. The van der Waals surface area contributed by atoms with Crippen molar-refractivity contribution in [3.05, 3.63) is 30.3 Å². The summed E-state index contributed by atoms with van der Waals surface area (Å²) < 4.78 is 0.825. The molecule has 23 heavy (non-hydrogen) atoms. The fraction of sp³-hybridized carbons (Fsp3) is 0.438. The van der Waals surface area contributed by atoms with Crippen LogP contribution in [0.2, 0.25) is 0 Å². The third-order valence-electron chi connectivity index (χ3n) is 3.72. The van der Waals surface area contributed by atoms with Crippen LogP contribution in [0.1, 0.15) is 32.1 Å². The third-order valence-corrected chi connectivity index (χ3v) is 5.71. The minimum atomic E-state index is -0.0295. The van der Waals surface area contributed by atoms with Crippen molar-refractivity contribution in [2.45, 2.75) is 42.5 Å². The first-order chi connectivity index (χ1) is 11.3. The van der Waals surface area contributed by atoms with Crippen LogP contribution in [0.15, 0.2) is 34.7 Å². The van der Waals surface area contributed by atoms with Crippen LogP contribution in [0, 0.1) is 0 Å². The van der Waals surface area contributed by atoms with E-state index in [4.69, 9.17) is 0 Å². The SMILES string of the molecule is O=C(CSc1nnc(NC2CCCCC2)s1)Nc1ccccc1. The van der Waals surface area contributed by atoms with Crippen molar-refractivity contribution in [3.8, 4) is 0 Å². The van der Waals surface area contributed by atoms with Gasteiger partial charge >= 0.3 is 0 Å². The van der Waals surface area contributed by atoms with Crippen molar-refractivity contribution in [2.75, 3.05) is 16.4 Å². The Morgan fingerprint density at radius 3 is 2.74 bits per heavy atom. The zero-order chi connectivity index (χ0) is 15.9. The van der Waals surface area contributed by atoms with Gasteiger partial charge in [-0.1, -0.05) is 60.6 Å². The lowest BCUT2D eigenvalue weighted by atomic mass is 9.96. The summed E-state index contributed by atoms with van der Waals surface area (Å²) >= 11 is 2.95. The van der Waals surface area contributed by atoms with Gasteiger partial charge in [0.1, 0.15) is 0 Å². The molecule has 1 saturated carbocycles. The van der Waals surface area contributed by atoms with Gasteiger partial charge in [-0.2, -0.15) is 0 Å². The van der Waals surface area contributed by atoms with Gasteiger partial charge in [0.15, 0.2) is 4.34 Å². The maximum Gasteiger partial charge on any atom is 0.234 e. The largest absolute Gasteiger partial charge is 0.357 e. The van der Waals surface area contributed by atoms with Gasteiger partial charge in [-0.25, -0.2) is 0 Å². The maximum absolute atomic E-state index is 11.9. The number of hydrogen-bond donors (Lipinski definition) is 2. The van der Waals surface area contributed by atoms with Gasteiger partial charge in [-0.15, -0.1) is 10.2 Å². The molecular formula is C16H20N4OS2. The second-order valence-electron chi connectivity index (χ2n) is 5.56. The summed E-state index contributed by atoms with van der Waals surface area (Å²) in [5, 5.41) is 15.5. The van der Waals surface area contributed by atoms with E-state index in [1.54, 1.807) is 0 Å². The molecule has 1 aliphatic carbocycles. The maximum atomic E-state index is 11.9. The second-order valence-corrected chi connectivity index (χ2v) is 7.76. The number of rotatable bonds is 6. The molecule has 1 aromatic carbocycles. The van der Waals surface area contributed by atoms with Crippen LogP contribution in [0.4, 0.5) is 10.8 Å². The van der Waals surface area contributed by atoms with Crippen LogP contribution in [0.25, 0.3) is 0 Å². The molecule has 3 rings (SSSR count). The molecule has 1 amide bonds. The first kappa shape index (κ1) is 16.3. The molecule has 122 valence electrons. The number of hydrogen-bond acceptors (Lipinski definition) is 6. The number of nitrogens with zero attached hydrogens (tertiary/aromatic N) is 2. The lowest BCUT2D eigenvalue weighted by Crippen LogP contribution is -2.21. The summed E-state index contributed by atoms with van der Waals surface area (Å²) in [7, 11) is 0. The summed E-state index contributed by atoms with van der Waals surface area (Å²) in [6.45, 7) is 0. The van der Waals surface area contributed by atoms with Gasteiger partial charge < -0.3 is 10.6 Å². The number of carbonyl (C=O) groups excluding carboxylic acids is 1. The fourth-order valence-electron chi connectivity index (χ4n) is 2.59. The Kier molecular flexibility index (Phi) is 5.87. The number of amides is 1. The van der Waals surface area contributed by atoms with E-state index in [2.05, 4.69) is 20.8 Å². The Hall–Kier alpha value is -1.60. The summed E-state index contributed by atoms with van der Waals surface area (Å²) in [6, 6.07) is 10.00. The molecule has 0 unspecified atom stereocenters. The van der Waals surface area contributed by atoms with Gasteiger partial charge in [0, 0.05) is 11.7 Å². The molecule has 0 saturated heterocycles. The van der Waals surface area contributed by atoms with E-state index < -0.39 is 0 Å². The highest BCUT2D eigenvalue weighted by Gasteiger charge is 2.15. The summed E-state index contributed by atoms with van der Waals surface area (Å²) in [5.41, 5.74) is 0.815. The second kappa shape index (κ2) is 8.31. The smallest absolute Gasteiger partial charge is 0.234 e. The van der Waals surface area contributed by atoms with Crippen LogP contribution in [-0.4, -0.2) is 27.9 Å². The molecule has 0 radical (unpaired) electrons. The van der Waals surface area contributed by atoms with E-state index in [9.17, 15) is 4.79 Å². The first-order valence-corrected chi connectivity index (χ1v) is 9.67. The normalized spacial score (nSPS) is 15.3. The van der Waals surface area contributed by atoms with Gasteiger partial charge in [0.05, 0.1) is 5.75 Å². The number of carbonyl (C=O) groups is 1. The highest BCUT2D eigenvalue weighted by molar-refractivity contribution is 8.01. The van der Waals surface area contributed by atoms with Crippen LogP contribution < -0.4 is 10.6 Å². The van der Waals surface area contributed by atoms with Gasteiger partial charge in [-0.05, 0) is 25.0 Å². The minimum Gasteiger partial charge on any atom is -0.357 e. The molecule has 1 heterocycles. The predicted molar refractivity (Wildman–Crippen MR) is 96.2 cm³/mol. The van der Waals surface area contributed by atoms with Crippen LogP contribution in [-0.2, 0) is 4.79 Å². The Balaban J connectivity index is 1.44. The van der Waals surface area contributed by atoms with Gasteiger partial charge in [0.25, 0.3) is 0 Å². The van der Waals surface area contributed by atoms with Crippen LogP contribution in [0.3, 0.4) is 0 Å². The molecule has 0 aliphatic heterocycles. The number of benzene rings is 1. The average molecular weight is 348 g/mol. The topological polar surface area (TPSA) is 66.9 Å². The molecule has 1 aromatic heterocycles. The molecule has 0 atom stereocenters. The number of thioether (sulfide) groups is 1. The molecular weight excluding hydrogens is 328 g/mol. The fourth-order valence-corrected chi connectivity index (χ4v) is 4.22. The average Bonchev–Trinajstić information content (AvgIpc) is 3.02. The monoisotopic (exact) mass is 348 g/mol. The number of aromatic nitrogens is 2. The third kappa shape index (κ3) is 5.21. The standard InChI is InChI=1S/C16H20N4OS2/c21-14(17-12-7-3-1-4-8-12)11-22-16-20-19-15(23-16)18-13-9-5-2-6-10-13/h1,3-4,7-8,13H,2,5-6,9-11H2,(H,17,21)(H,18,19). The van der Waals surface area contributed by atoms with Crippen molar-refractivity contribution < 1.29 is 4.79 Å². The van der Waals surface area contributed by atoms with Crippen molar-refractivity contribution in [1.29, 1.82) is 0 Å². The zero-order valence-electron chi connectivity index (χ0n) is 12.8. The Bertz CT molecular complexity index is 626. The lowest BCUT2D eigenvalue weighted by molar-refractivity contribution is -0.113. The number of para-hydroxylation sites is 1. The summed E-state index contributed by atoms with van der Waals surface area (Å²) in [5.74, 6) is 0.311. The minimum absolute atomic E-state index is 0.0295. The molecule has 1 fully saturated rings. The predicted octanol–water partition coefficient (Wildman–Crippen LogP) is 4.01. The quantitative estimate of drug-likeness (QED) is 0.772. The van der Waals surface area contributed by atoms with Crippen LogP contribution >= 0.6 is 23.1 Å². The summed E-state index contributed by atoms with van der Waals surface area (Å²) in [4.78, 5) is 11.9. The van der Waals surface area contributed by atoms with E-state index in [-0.39, 0.29) is 5.91 Å². The Morgan fingerprint density at radius 1 is 1.17 bits per heavy atom. The van der Waals surface area contributed by atoms with Crippen molar-refractivity contribution in [2.24, 2.45) is 0 Å². The first-order valence-electron chi connectivity index (χ1n) is 7.87. The van der Waals surface area contributed by atoms with Crippen molar-refractivity contribution in [1.82, 2.24) is 10.2 Å². The van der Waals surface area contributed by atoms with E-state index in [1.807, 2.05) is 30.3 Å². The molecule has 1 aliphatic rings. The number of nitrogens with one attached hydrogen (secondary N) is 2. The molecule has 5 nitrogen and oxygen atoms in total. The molecule has 2 N–H and O–H groups in total. The Labute approximate surface area is 144 Å². The molecule has 0 spiro atoms. The highest BCUT2D eigenvalue weighted by atomic mass is 32.2. The number of anilines is 2. The van der Waals surface area contributed by atoms with Gasteiger partial charge in [0.2, 0.25) is 11.0 Å². The van der Waals surface area contributed by atoms with E-state index in [1.165, 1.54) is 55.2 Å².